The topological polar surface area (TPSA) is 70.2 Å². The molecular weight excluding hydrogens is 359 g/mol. The summed E-state index contributed by atoms with van der Waals surface area (Å²) in [6, 6.07) is 9.95. The Morgan fingerprint density at radius 3 is 2.33 bits per heavy atom. The van der Waals surface area contributed by atoms with E-state index >= 15 is 0 Å². The lowest BCUT2D eigenvalue weighted by atomic mass is 10.1. The van der Waals surface area contributed by atoms with Crippen molar-refractivity contribution in [1.29, 1.82) is 0 Å². The molecule has 0 unspecified atom stereocenters. The lowest BCUT2D eigenvalue weighted by molar-refractivity contribution is -0.137. The second-order valence-corrected chi connectivity index (χ2v) is 5.88. The fourth-order valence-electron chi connectivity index (χ4n) is 2.35. The number of nitrogens with one attached hydrogen (secondary N) is 3. The number of hydrogen-bond donors (Lipinski definition) is 3. The Morgan fingerprint density at radius 2 is 1.67 bits per heavy atom. The van der Waals surface area contributed by atoms with E-state index in [1.165, 1.54) is 18.2 Å². The van der Waals surface area contributed by atoms with E-state index in [9.17, 15) is 22.8 Å². The van der Waals surface area contributed by atoms with Crippen molar-refractivity contribution in [3.05, 3.63) is 53.6 Å². The van der Waals surface area contributed by atoms with Crippen LogP contribution in [0.25, 0.3) is 0 Å². The van der Waals surface area contributed by atoms with Crippen LogP contribution in [0.15, 0.2) is 42.5 Å². The summed E-state index contributed by atoms with van der Waals surface area (Å²) in [6.07, 6.45) is -4.22. The normalized spacial score (nSPS) is 11.0. The van der Waals surface area contributed by atoms with Gasteiger partial charge < -0.3 is 16.0 Å². The van der Waals surface area contributed by atoms with Gasteiger partial charge in [-0.15, -0.1) is 0 Å². The van der Waals surface area contributed by atoms with E-state index in [1.807, 2.05) is 6.92 Å². The number of anilines is 3. The van der Waals surface area contributed by atoms with Crippen LogP contribution in [0.4, 0.5) is 30.2 Å². The number of para-hydroxylation sites is 1. The van der Waals surface area contributed by atoms with Crippen molar-refractivity contribution in [2.24, 2.45) is 0 Å². The Hall–Kier alpha value is -3.03. The molecule has 27 heavy (non-hydrogen) atoms. The van der Waals surface area contributed by atoms with Crippen LogP contribution in [0.1, 0.15) is 24.5 Å². The van der Waals surface area contributed by atoms with Crippen molar-refractivity contribution in [3.63, 3.8) is 0 Å². The van der Waals surface area contributed by atoms with Gasteiger partial charge in [-0.2, -0.15) is 13.2 Å². The average Bonchev–Trinajstić information content (AvgIpc) is 2.61. The Balaban J connectivity index is 2.04. The van der Waals surface area contributed by atoms with Gasteiger partial charge in [-0.25, -0.2) is 0 Å². The van der Waals surface area contributed by atoms with Gasteiger partial charge >= 0.3 is 6.18 Å². The second kappa shape index (κ2) is 8.57. The maximum Gasteiger partial charge on any atom is 0.418 e. The third kappa shape index (κ3) is 5.73. The van der Waals surface area contributed by atoms with Gasteiger partial charge in [0.15, 0.2) is 0 Å². The van der Waals surface area contributed by atoms with Gasteiger partial charge in [0.05, 0.1) is 17.8 Å². The largest absolute Gasteiger partial charge is 0.418 e. The van der Waals surface area contributed by atoms with E-state index in [2.05, 4.69) is 16.0 Å². The van der Waals surface area contributed by atoms with Crippen molar-refractivity contribution in [2.45, 2.75) is 26.4 Å². The van der Waals surface area contributed by atoms with Crippen LogP contribution in [0, 0.1) is 6.92 Å². The van der Waals surface area contributed by atoms with E-state index in [0.717, 1.165) is 11.6 Å². The van der Waals surface area contributed by atoms with E-state index in [1.54, 1.807) is 25.1 Å². The van der Waals surface area contributed by atoms with Gasteiger partial charge in [0, 0.05) is 17.8 Å². The highest BCUT2D eigenvalue weighted by Crippen LogP contribution is 2.34. The number of rotatable bonds is 6. The van der Waals surface area contributed by atoms with E-state index < -0.39 is 17.6 Å². The molecule has 0 radical (unpaired) electrons. The second-order valence-electron chi connectivity index (χ2n) is 5.88. The first-order valence-corrected chi connectivity index (χ1v) is 8.31. The van der Waals surface area contributed by atoms with E-state index in [0.29, 0.717) is 17.8 Å². The third-order valence-electron chi connectivity index (χ3n) is 3.79. The smallest absolute Gasteiger partial charge is 0.376 e. The number of carbonyl (C=O) groups is 2. The predicted molar refractivity (Wildman–Crippen MR) is 98.7 cm³/mol. The van der Waals surface area contributed by atoms with Crippen LogP contribution < -0.4 is 16.0 Å². The number of alkyl halides is 3. The number of carbonyl (C=O) groups excluding carboxylic acids is 2. The molecule has 5 nitrogen and oxygen atoms in total. The lowest BCUT2D eigenvalue weighted by Crippen LogP contribution is -2.24. The molecule has 2 aromatic carbocycles. The fourth-order valence-corrected chi connectivity index (χ4v) is 2.35. The molecule has 8 heteroatoms. The van der Waals surface area contributed by atoms with Gasteiger partial charge in [-0.3, -0.25) is 9.59 Å². The predicted octanol–water partition coefficient (Wildman–Crippen LogP) is 4.41. The third-order valence-corrected chi connectivity index (χ3v) is 3.79. The molecule has 2 aromatic rings. The van der Waals surface area contributed by atoms with Crippen LogP contribution in [-0.2, 0) is 15.8 Å². The molecule has 0 saturated heterocycles. The first-order chi connectivity index (χ1) is 12.7. The quantitative estimate of drug-likeness (QED) is 0.696. The minimum atomic E-state index is -4.56. The van der Waals surface area contributed by atoms with Gasteiger partial charge in [0.2, 0.25) is 11.8 Å². The van der Waals surface area contributed by atoms with Crippen molar-refractivity contribution in [3.8, 4) is 0 Å². The number of halogens is 3. The molecule has 3 N–H and O–H groups in total. The van der Waals surface area contributed by atoms with Gasteiger partial charge in [0.25, 0.3) is 0 Å². The minimum Gasteiger partial charge on any atom is -0.376 e. The molecule has 0 aliphatic heterocycles. The molecule has 0 aromatic heterocycles. The Morgan fingerprint density at radius 1 is 0.963 bits per heavy atom. The van der Waals surface area contributed by atoms with Crippen LogP contribution in [0.3, 0.4) is 0 Å². The van der Waals surface area contributed by atoms with Gasteiger partial charge in [-0.05, 0) is 36.8 Å². The maximum atomic E-state index is 13.0. The summed E-state index contributed by atoms with van der Waals surface area (Å²) in [4.78, 5) is 23.5. The lowest BCUT2D eigenvalue weighted by Gasteiger charge is -2.15. The number of aryl methyl sites for hydroxylation is 1. The molecule has 0 bridgehead atoms. The molecule has 0 saturated carbocycles. The molecule has 0 spiro atoms. The van der Waals surface area contributed by atoms with E-state index in [-0.39, 0.29) is 18.1 Å². The highest BCUT2D eigenvalue weighted by Gasteiger charge is 2.33. The first-order valence-electron chi connectivity index (χ1n) is 8.31. The molecule has 2 rings (SSSR count). The number of hydrogen-bond acceptors (Lipinski definition) is 3. The zero-order chi connectivity index (χ0) is 20.0. The Kier molecular flexibility index (Phi) is 6.44. The number of amides is 2. The fraction of sp³-hybridized carbons (Fsp3) is 0.263. The minimum absolute atomic E-state index is 0.147. The molecule has 144 valence electrons. The first kappa shape index (κ1) is 20.3. The summed E-state index contributed by atoms with van der Waals surface area (Å²) >= 11 is 0. The van der Waals surface area contributed by atoms with Crippen molar-refractivity contribution in [2.75, 3.05) is 22.5 Å². The highest BCUT2D eigenvalue weighted by atomic mass is 19.4. The summed E-state index contributed by atoms with van der Waals surface area (Å²) < 4.78 is 38.9. The molecule has 0 aliphatic rings. The van der Waals surface area contributed by atoms with Crippen molar-refractivity contribution in [1.82, 2.24) is 0 Å². The summed E-state index contributed by atoms with van der Waals surface area (Å²) in [5.74, 6) is -0.764. The highest BCUT2D eigenvalue weighted by molar-refractivity contribution is 5.95. The van der Waals surface area contributed by atoms with Crippen LogP contribution in [-0.4, -0.2) is 18.4 Å². The average molecular weight is 379 g/mol. The zero-order valence-corrected chi connectivity index (χ0v) is 14.9. The maximum absolute atomic E-state index is 13.0. The Bertz CT molecular complexity index is 835. The standard InChI is InChI=1S/C19H20F3N3O2/c1-3-17(26)24-13-9-8-12(2)16(10-13)23-11-18(27)25-15-7-5-4-6-14(15)19(20,21)22/h4-10,23H,3,11H2,1-2H3,(H,24,26)(H,25,27). The summed E-state index contributed by atoms with van der Waals surface area (Å²) in [5, 5.41) is 7.86. The van der Waals surface area contributed by atoms with Crippen LogP contribution in [0.5, 0.6) is 0 Å². The summed E-state index contributed by atoms with van der Waals surface area (Å²) in [7, 11) is 0. The molecule has 0 aliphatic carbocycles. The van der Waals surface area contributed by atoms with Crippen molar-refractivity contribution >= 4 is 28.9 Å². The summed E-state index contributed by atoms with van der Waals surface area (Å²) in [6.45, 7) is 3.31. The molecule has 0 fully saturated rings. The van der Waals surface area contributed by atoms with Crippen LogP contribution in [0.2, 0.25) is 0 Å². The molecular formula is C19H20F3N3O2. The van der Waals surface area contributed by atoms with Crippen LogP contribution >= 0.6 is 0 Å². The monoisotopic (exact) mass is 379 g/mol. The SMILES string of the molecule is CCC(=O)Nc1ccc(C)c(NCC(=O)Nc2ccccc2C(F)(F)F)c1. The summed E-state index contributed by atoms with van der Waals surface area (Å²) in [5.41, 5.74) is 0.796. The Labute approximate surface area is 155 Å². The van der Waals surface area contributed by atoms with Gasteiger partial charge in [-0.1, -0.05) is 25.1 Å². The van der Waals surface area contributed by atoms with Gasteiger partial charge in [0.1, 0.15) is 0 Å². The molecule has 0 heterocycles. The zero-order valence-electron chi connectivity index (χ0n) is 14.9. The molecule has 0 atom stereocenters. The van der Waals surface area contributed by atoms with Crippen molar-refractivity contribution < 1.29 is 22.8 Å². The number of benzene rings is 2. The van der Waals surface area contributed by atoms with E-state index in [4.69, 9.17) is 0 Å². The molecule has 2 amide bonds.